The van der Waals surface area contributed by atoms with Gasteiger partial charge in [-0.3, -0.25) is 4.90 Å². The highest BCUT2D eigenvalue weighted by atomic mass is 16.6. The number of ether oxygens (including phenoxy) is 1. The van der Waals surface area contributed by atoms with E-state index in [1.165, 1.54) is 12.8 Å². The standard InChI is InChI=1S/C13H24N2O2/c1-12(2,3)17-11(16)14-7-9-15(10-8-14)13(4)5-6-13/h5-10H2,1-4H3. The minimum absolute atomic E-state index is 0.168. The fraction of sp³-hybridized carbons (Fsp3) is 0.923. The van der Waals surface area contributed by atoms with Crippen molar-refractivity contribution >= 4 is 6.09 Å². The van der Waals surface area contributed by atoms with Gasteiger partial charge in [0.15, 0.2) is 0 Å². The maximum absolute atomic E-state index is 11.9. The van der Waals surface area contributed by atoms with Gasteiger partial charge in [0.1, 0.15) is 5.60 Å². The molecule has 0 bridgehead atoms. The van der Waals surface area contributed by atoms with E-state index in [4.69, 9.17) is 4.74 Å². The lowest BCUT2D eigenvalue weighted by molar-refractivity contribution is 0.00954. The van der Waals surface area contributed by atoms with Crippen LogP contribution in [0.5, 0.6) is 0 Å². The van der Waals surface area contributed by atoms with Gasteiger partial charge in [0.25, 0.3) is 0 Å². The van der Waals surface area contributed by atoms with Crippen LogP contribution in [-0.4, -0.2) is 53.2 Å². The average Bonchev–Trinajstić information content (AvgIpc) is 2.96. The summed E-state index contributed by atoms with van der Waals surface area (Å²) in [6.07, 6.45) is 2.44. The summed E-state index contributed by atoms with van der Waals surface area (Å²) in [5, 5.41) is 0. The van der Waals surface area contributed by atoms with Crippen molar-refractivity contribution in [2.45, 2.75) is 51.7 Å². The SMILES string of the molecule is CC(C)(C)OC(=O)N1CCN(C2(C)CC2)CC1. The van der Waals surface area contributed by atoms with E-state index in [1.807, 2.05) is 25.7 Å². The maximum atomic E-state index is 11.9. The molecule has 2 rings (SSSR count). The highest BCUT2D eigenvalue weighted by Crippen LogP contribution is 2.41. The van der Waals surface area contributed by atoms with Crippen molar-refractivity contribution < 1.29 is 9.53 Å². The largest absolute Gasteiger partial charge is 0.444 e. The lowest BCUT2D eigenvalue weighted by Crippen LogP contribution is -2.53. The number of hydrogen-bond donors (Lipinski definition) is 0. The van der Waals surface area contributed by atoms with E-state index >= 15 is 0 Å². The van der Waals surface area contributed by atoms with Crippen molar-refractivity contribution in [3.63, 3.8) is 0 Å². The fourth-order valence-corrected chi connectivity index (χ4v) is 2.25. The smallest absolute Gasteiger partial charge is 0.410 e. The summed E-state index contributed by atoms with van der Waals surface area (Å²) in [6, 6.07) is 0. The molecule has 0 aromatic rings. The van der Waals surface area contributed by atoms with Gasteiger partial charge < -0.3 is 9.64 Å². The van der Waals surface area contributed by atoms with E-state index in [0.717, 1.165) is 26.2 Å². The molecule has 0 N–H and O–H groups in total. The summed E-state index contributed by atoms with van der Waals surface area (Å²) < 4.78 is 5.38. The number of nitrogens with zero attached hydrogens (tertiary/aromatic N) is 2. The van der Waals surface area contributed by atoms with E-state index in [1.54, 1.807) is 0 Å². The molecule has 17 heavy (non-hydrogen) atoms. The van der Waals surface area contributed by atoms with Crippen LogP contribution in [0.1, 0.15) is 40.5 Å². The van der Waals surface area contributed by atoms with Gasteiger partial charge in [-0.05, 0) is 40.5 Å². The third-order valence-electron chi connectivity index (χ3n) is 3.67. The number of piperazine rings is 1. The molecular weight excluding hydrogens is 216 g/mol. The van der Waals surface area contributed by atoms with Crippen LogP contribution in [0.25, 0.3) is 0 Å². The van der Waals surface area contributed by atoms with Crippen LogP contribution in [0.4, 0.5) is 4.79 Å². The first-order valence-electron chi connectivity index (χ1n) is 6.53. The van der Waals surface area contributed by atoms with E-state index in [-0.39, 0.29) is 6.09 Å². The fourth-order valence-electron chi connectivity index (χ4n) is 2.25. The molecule has 2 fully saturated rings. The Morgan fingerprint density at radius 3 is 2.06 bits per heavy atom. The molecule has 4 heteroatoms. The van der Waals surface area contributed by atoms with E-state index in [2.05, 4.69) is 11.8 Å². The summed E-state index contributed by atoms with van der Waals surface area (Å²) in [7, 11) is 0. The minimum Gasteiger partial charge on any atom is -0.444 e. The summed E-state index contributed by atoms with van der Waals surface area (Å²) in [6.45, 7) is 11.6. The highest BCUT2D eigenvalue weighted by Gasteiger charge is 2.44. The molecule has 0 aromatic heterocycles. The van der Waals surface area contributed by atoms with Gasteiger partial charge in [0.2, 0.25) is 0 Å². The number of carbonyl (C=O) groups excluding carboxylic acids is 1. The molecule has 0 radical (unpaired) electrons. The second kappa shape index (κ2) is 4.16. The zero-order valence-electron chi connectivity index (χ0n) is 11.5. The van der Waals surface area contributed by atoms with Gasteiger partial charge in [-0.1, -0.05) is 0 Å². The van der Waals surface area contributed by atoms with Crippen molar-refractivity contribution in [3.05, 3.63) is 0 Å². The van der Waals surface area contributed by atoms with Crippen molar-refractivity contribution in [1.29, 1.82) is 0 Å². The molecule has 0 aromatic carbocycles. The predicted molar refractivity (Wildman–Crippen MR) is 67.0 cm³/mol. The van der Waals surface area contributed by atoms with Crippen molar-refractivity contribution in [2.24, 2.45) is 0 Å². The Kier molecular flexibility index (Phi) is 3.10. The number of carbonyl (C=O) groups is 1. The summed E-state index contributed by atoms with van der Waals surface area (Å²) in [4.78, 5) is 16.2. The predicted octanol–water partition coefficient (Wildman–Crippen LogP) is 2.09. The molecule has 1 aliphatic carbocycles. The molecular formula is C13H24N2O2. The normalized spacial score (nSPS) is 24.6. The number of amides is 1. The first kappa shape index (κ1) is 12.7. The zero-order chi connectivity index (χ0) is 12.7. The Hall–Kier alpha value is -0.770. The first-order valence-corrected chi connectivity index (χ1v) is 6.53. The quantitative estimate of drug-likeness (QED) is 0.703. The van der Waals surface area contributed by atoms with E-state index < -0.39 is 5.60 Å². The Balaban J connectivity index is 1.80. The molecule has 0 atom stereocenters. The van der Waals surface area contributed by atoms with E-state index in [9.17, 15) is 4.79 Å². The van der Waals surface area contributed by atoms with Crippen molar-refractivity contribution in [3.8, 4) is 0 Å². The minimum atomic E-state index is -0.392. The van der Waals surface area contributed by atoms with Gasteiger partial charge in [0.05, 0.1) is 0 Å². The second-order valence-corrected chi connectivity index (χ2v) is 6.45. The second-order valence-electron chi connectivity index (χ2n) is 6.45. The summed E-state index contributed by atoms with van der Waals surface area (Å²) in [5.74, 6) is 0. The Morgan fingerprint density at radius 2 is 1.65 bits per heavy atom. The third-order valence-corrected chi connectivity index (χ3v) is 3.67. The van der Waals surface area contributed by atoms with Crippen LogP contribution in [0.2, 0.25) is 0 Å². The Labute approximate surface area is 104 Å². The molecule has 4 nitrogen and oxygen atoms in total. The van der Waals surface area contributed by atoms with Crippen LogP contribution in [0.15, 0.2) is 0 Å². The first-order chi connectivity index (χ1) is 7.80. The van der Waals surface area contributed by atoms with Crippen LogP contribution < -0.4 is 0 Å². The maximum Gasteiger partial charge on any atom is 0.410 e. The van der Waals surface area contributed by atoms with Crippen LogP contribution in [0.3, 0.4) is 0 Å². The average molecular weight is 240 g/mol. The molecule has 0 unspecified atom stereocenters. The Bertz CT molecular complexity index is 297. The van der Waals surface area contributed by atoms with Gasteiger partial charge in [-0.15, -0.1) is 0 Å². The molecule has 1 amide bonds. The number of hydrogen-bond acceptors (Lipinski definition) is 3. The van der Waals surface area contributed by atoms with Crippen molar-refractivity contribution in [2.75, 3.05) is 26.2 Å². The van der Waals surface area contributed by atoms with Crippen LogP contribution in [0, 0.1) is 0 Å². The molecule has 1 heterocycles. The van der Waals surface area contributed by atoms with Gasteiger partial charge in [-0.2, -0.15) is 0 Å². The molecule has 1 saturated heterocycles. The molecule has 2 aliphatic rings. The third kappa shape index (κ3) is 3.12. The van der Waals surface area contributed by atoms with Crippen LogP contribution >= 0.6 is 0 Å². The highest BCUT2D eigenvalue weighted by molar-refractivity contribution is 5.68. The molecule has 98 valence electrons. The van der Waals surface area contributed by atoms with Gasteiger partial charge in [0, 0.05) is 31.7 Å². The summed E-state index contributed by atoms with van der Waals surface area (Å²) >= 11 is 0. The lowest BCUT2D eigenvalue weighted by atomic mass is 10.2. The molecule has 1 aliphatic heterocycles. The van der Waals surface area contributed by atoms with Gasteiger partial charge >= 0.3 is 6.09 Å². The Morgan fingerprint density at radius 1 is 1.12 bits per heavy atom. The van der Waals surface area contributed by atoms with E-state index in [0.29, 0.717) is 5.54 Å². The lowest BCUT2D eigenvalue weighted by Gasteiger charge is -2.38. The van der Waals surface area contributed by atoms with Crippen molar-refractivity contribution in [1.82, 2.24) is 9.80 Å². The van der Waals surface area contributed by atoms with Crippen LogP contribution in [-0.2, 0) is 4.74 Å². The molecule has 0 spiro atoms. The monoisotopic (exact) mass is 240 g/mol. The molecule has 1 saturated carbocycles. The zero-order valence-corrected chi connectivity index (χ0v) is 11.5. The topological polar surface area (TPSA) is 32.8 Å². The summed E-state index contributed by atoms with van der Waals surface area (Å²) in [5.41, 5.74) is 0.0384. The van der Waals surface area contributed by atoms with Gasteiger partial charge in [-0.25, -0.2) is 4.79 Å². The number of rotatable bonds is 1.